The Morgan fingerprint density at radius 1 is 1.18 bits per heavy atom. The molecule has 0 spiro atoms. The van der Waals surface area contributed by atoms with Gasteiger partial charge in [0.25, 0.3) is 11.1 Å². The van der Waals surface area contributed by atoms with E-state index in [0.717, 1.165) is 28.6 Å². The highest BCUT2D eigenvalue weighted by molar-refractivity contribution is 8.18. The van der Waals surface area contributed by atoms with Crippen LogP contribution in [0.15, 0.2) is 45.7 Å². The summed E-state index contributed by atoms with van der Waals surface area (Å²) in [6, 6.07) is 11.4. The summed E-state index contributed by atoms with van der Waals surface area (Å²) in [5.41, 5.74) is 2.04. The van der Waals surface area contributed by atoms with E-state index < -0.39 is 0 Å². The Labute approximate surface area is 132 Å². The van der Waals surface area contributed by atoms with Crippen molar-refractivity contribution in [2.45, 2.75) is 20.4 Å². The van der Waals surface area contributed by atoms with Crippen molar-refractivity contribution in [3.63, 3.8) is 0 Å². The number of aryl methyl sites for hydroxylation is 2. The SMILES string of the molecule is Cc1cccc(CN2C(=O)S/C(=C/c3ccc(C)o3)C2=O)c1. The van der Waals surface area contributed by atoms with E-state index in [1.807, 2.05) is 44.2 Å². The number of hydrogen-bond donors (Lipinski definition) is 0. The lowest BCUT2D eigenvalue weighted by Gasteiger charge is -2.12. The highest BCUT2D eigenvalue weighted by Crippen LogP contribution is 2.33. The number of carbonyl (C=O) groups is 2. The molecule has 5 heteroatoms. The van der Waals surface area contributed by atoms with Crippen LogP contribution in [0.5, 0.6) is 0 Å². The third-order valence-corrected chi connectivity index (χ3v) is 4.24. The predicted molar refractivity (Wildman–Crippen MR) is 86.1 cm³/mol. The second-order valence-electron chi connectivity index (χ2n) is 5.21. The average molecular weight is 313 g/mol. The topological polar surface area (TPSA) is 50.5 Å². The van der Waals surface area contributed by atoms with Gasteiger partial charge in [0.15, 0.2) is 0 Å². The van der Waals surface area contributed by atoms with Gasteiger partial charge in [0, 0.05) is 6.08 Å². The second kappa shape index (κ2) is 5.85. The molecule has 4 nitrogen and oxygen atoms in total. The Morgan fingerprint density at radius 3 is 2.68 bits per heavy atom. The van der Waals surface area contributed by atoms with Crippen LogP contribution >= 0.6 is 11.8 Å². The lowest BCUT2D eigenvalue weighted by Crippen LogP contribution is -2.27. The van der Waals surface area contributed by atoms with E-state index in [0.29, 0.717) is 17.2 Å². The number of imide groups is 1. The standard InChI is InChI=1S/C17H15NO3S/c1-11-4-3-5-13(8-11)10-18-16(19)15(22-17(18)20)9-14-7-6-12(2)21-14/h3-9H,10H2,1-2H3/b15-9+. The van der Waals surface area contributed by atoms with Crippen LogP contribution in [0.3, 0.4) is 0 Å². The van der Waals surface area contributed by atoms with Crippen LogP contribution in [-0.4, -0.2) is 16.0 Å². The monoisotopic (exact) mass is 313 g/mol. The van der Waals surface area contributed by atoms with Crippen molar-refractivity contribution in [2.75, 3.05) is 0 Å². The van der Waals surface area contributed by atoms with Crippen molar-refractivity contribution in [1.29, 1.82) is 0 Å². The van der Waals surface area contributed by atoms with Gasteiger partial charge in [0.05, 0.1) is 11.4 Å². The molecule has 0 bridgehead atoms. The second-order valence-corrected chi connectivity index (χ2v) is 6.20. The van der Waals surface area contributed by atoms with Gasteiger partial charge >= 0.3 is 0 Å². The summed E-state index contributed by atoms with van der Waals surface area (Å²) >= 11 is 0.948. The third-order valence-electron chi connectivity index (χ3n) is 3.33. The number of hydrogen-bond acceptors (Lipinski definition) is 4. The number of thioether (sulfide) groups is 1. The maximum Gasteiger partial charge on any atom is 0.293 e. The average Bonchev–Trinajstić information content (AvgIpc) is 2.98. The molecule has 0 saturated carbocycles. The molecule has 3 rings (SSSR count). The summed E-state index contributed by atoms with van der Waals surface area (Å²) in [5.74, 6) is 1.08. The summed E-state index contributed by atoms with van der Waals surface area (Å²) in [7, 11) is 0. The summed E-state index contributed by atoms with van der Waals surface area (Å²) in [6.45, 7) is 4.11. The van der Waals surface area contributed by atoms with Gasteiger partial charge in [-0.25, -0.2) is 0 Å². The molecule has 0 atom stereocenters. The highest BCUT2D eigenvalue weighted by Gasteiger charge is 2.35. The molecule has 1 aliphatic rings. The molecule has 112 valence electrons. The summed E-state index contributed by atoms with van der Waals surface area (Å²) in [4.78, 5) is 26.1. The van der Waals surface area contributed by atoms with Gasteiger partial charge in [-0.2, -0.15) is 0 Å². The van der Waals surface area contributed by atoms with Crippen molar-refractivity contribution in [1.82, 2.24) is 4.90 Å². The lowest BCUT2D eigenvalue weighted by atomic mass is 10.1. The van der Waals surface area contributed by atoms with E-state index in [1.54, 1.807) is 12.1 Å². The molecule has 0 N–H and O–H groups in total. The molecule has 0 radical (unpaired) electrons. The van der Waals surface area contributed by atoms with Gasteiger partial charge in [0.2, 0.25) is 0 Å². The summed E-state index contributed by atoms with van der Waals surface area (Å²) in [5, 5.41) is -0.249. The van der Waals surface area contributed by atoms with Crippen molar-refractivity contribution in [3.05, 3.63) is 64.0 Å². The van der Waals surface area contributed by atoms with E-state index in [2.05, 4.69) is 0 Å². The van der Waals surface area contributed by atoms with Crippen LogP contribution in [-0.2, 0) is 11.3 Å². The molecule has 1 aromatic heterocycles. The van der Waals surface area contributed by atoms with Crippen molar-refractivity contribution >= 4 is 29.0 Å². The van der Waals surface area contributed by atoms with Crippen molar-refractivity contribution in [3.8, 4) is 0 Å². The molecule has 1 fully saturated rings. The van der Waals surface area contributed by atoms with E-state index >= 15 is 0 Å². The van der Waals surface area contributed by atoms with Crippen LogP contribution in [0.4, 0.5) is 4.79 Å². The molecule has 2 heterocycles. The number of rotatable bonds is 3. The molecule has 1 aliphatic heterocycles. The molecular weight excluding hydrogens is 298 g/mol. The highest BCUT2D eigenvalue weighted by atomic mass is 32.2. The molecular formula is C17H15NO3S. The van der Waals surface area contributed by atoms with Gasteiger partial charge in [-0.3, -0.25) is 14.5 Å². The largest absolute Gasteiger partial charge is 0.462 e. The van der Waals surface area contributed by atoms with E-state index in [9.17, 15) is 9.59 Å². The zero-order valence-corrected chi connectivity index (χ0v) is 13.1. The minimum absolute atomic E-state index is 0.249. The Hall–Kier alpha value is -2.27. The molecule has 2 aromatic rings. The van der Waals surface area contributed by atoms with E-state index in [-0.39, 0.29) is 11.1 Å². The number of benzene rings is 1. The Kier molecular flexibility index (Phi) is 3.90. The van der Waals surface area contributed by atoms with Gasteiger partial charge < -0.3 is 4.42 Å². The van der Waals surface area contributed by atoms with Crippen LogP contribution in [0.25, 0.3) is 6.08 Å². The van der Waals surface area contributed by atoms with Gasteiger partial charge in [0.1, 0.15) is 11.5 Å². The predicted octanol–water partition coefficient (Wildman–Crippen LogP) is 4.13. The van der Waals surface area contributed by atoms with Gasteiger partial charge in [-0.05, 0) is 43.3 Å². The Morgan fingerprint density at radius 2 is 2.00 bits per heavy atom. The fraction of sp³-hybridized carbons (Fsp3) is 0.176. The van der Waals surface area contributed by atoms with Crippen molar-refractivity contribution < 1.29 is 14.0 Å². The first kappa shape index (κ1) is 14.7. The normalized spacial score (nSPS) is 16.8. The maximum absolute atomic E-state index is 12.4. The van der Waals surface area contributed by atoms with E-state index in [4.69, 9.17) is 4.42 Å². The van der Waals surface area contributed by atoms with E-state index in [1.165, 1.54) is 4.90 Å². The minimum Gasteiger partial charge on any atom is -0.462 e. The first-order valence-corrected chi connectivity index (χ1v) is 7.72. The lowest BCUT2D eigenvalue weighted by molar-refractivity contribution is -0.123. The molecule has 0 aliphatic carbocycles. The minimum atomic E-state index is -0.273. The maximum atomic E-state index is 12.4. The van der Waals surface area contributed by atoms with Crippen LogP contribution < -0.4 is 0 Å². The van der Waals surface area contributed by atoms with Crippen LogP contribution in [0, 0.1) is 13.8 Å². The number of nitrogens with zero attached hydrogens (tertiary/aromatic N) is 1. The number of amides is 2. The Balaban J connectivity index is 1.81. The Bertz CT molecular complexity index is 776. The summed E-state index contributed by atoms with van der Waals surface area (Å²) in [6.07, 6.45) is 1.62. The van der Waals surface area contributed by atoms with Gasteiger partial charge in [-0.1, -0.05) is 29.8 Å². The first-order valence-electron chi connectivity index (χ1n) is 6.90. The molecule has 0 unspecified atom stereocenters. The first-order chi connectivity index (χ1) is 10.5. The molecule has 1 saturated heterocycles. The zero-order valence-electron chi connectivity index (χ0n) is 12.3. The summed E-state index contributed by atoms with van der Waals surface area (Å²) < 4.78 is 5.43. The van der Waals surface area contributed by atoms with Crippen LogP contribution in [0.2, 0.25) is 0 Å². The quantitative estimate of drug-likeness (QED) is 0.799. The fourth-order valence-electron chi connectivity index (χ4n) is 2.29. The zero-order chi connectivity index (χ0) is 15.7. The molecule has 2 amide bonds. The fourth-order valence-corrected chi connectivity index (χ4v) is 3.11. The molecule has 22 heavy (non-hydrogen) atoms. The third kappa shape index (κ3) is 2.99. The van der Waals surface area contributed by atoms with Crippen molar-refractivity contribution in [2.24, 2.45) is 0 Å². The molecule has 1 aromatic carbocycles. The number of carbonyl (C=O) groups excluding carboxylic acids is 2. The number of furan rings is 1. The van der Waals surface area contributed by atoms with Gasteiger partial charge in [-0.15, -0.1) is 0 Å². The smallest absolute Gasteiger partial charge is 0.293 e. The van der Waals surface area contributed by atoms with Crippen LogP contribution in [0.1, 0.15) is 22.6 Å².